The molecule has 202 valence electrons. The van der Waals surface area contributed by atoms with Crippen molar-refractivity contribution in [1.29, 1.82) is 0 Å². The van der Waals surface area contributed by atoms with E-state index in [1.54, 1.807) is 0 Å². The summed E-state index contributed by atoms with van der Waals surface area (Å²) in [5, 5.41) is 4.63. The number of para-hydroxylation sites is 2. The molecule has 0 saturated carbocycles. The average molecular weight is 571 g/mol. The fourth-order valence-corrected chi connectivity index (χ4v) is 9.44. The lowest BCUT2D eigenvalue weighted by Crippen LogP contribution is -2.32. The summed E-state index contributed by atoms with van der Waals surface area (Å²) in [4.78, 5) is 14.7. The molecule has 5 nitrogen and oxygen atoms in total. The third-order valence-electron chi connectivity index (χ3n) is 8.45. The predicted molar refractivity (Wildman–Crippen MR) is 175 cm³/mol. The van der Waals surface area contributed by atoms with Gasteiger partial charge in [0, 0.05) is 44.0 Å². The number of aromatic nitrogens is 4. The van der Waals surface area contributed by atoms with Crippen molar-refractivity contribution in [3.8, 4) is 28.3 Å². The summed E-state index contributed by atoms with van der Waals surface area (Å²) in [6.45, 7) is 0. The zero-order chi connectivity index (χ0) is 28.5. The molecule has 0 fully saturated rings. The van der Waals surface area contributed by atoms with Gasteiger partial charge in [0.15, 0.2) is 7.14 Å². The van der Waals surface area contributed by atoms with E-state index in [0.29, 0.717) is 0 Å². The number of nitrogens with zero attached hydrogens (tertiary/aromatic N) is 4. The topological polar surface area (TPSA) is 60.7 Å². The van der Waals surface area contributed by atoms with Crippen LogP contribution in [0.3, 0.4) is 0 Å². The SMILES string of the molecule is O=P1(c2ccccc2)c2ccccc2-n2c(-c3ccc(-c4ccc5ccc6cccnc6c5n4)cc3)nc3cccc1c32. The fraction of sp³-hybridized carbons (Fsp3) is 0. The van der Waals surface area contributed by atoms with Crippen molar-refractivity contribution in [3.63, 3.8) is 0 Å². The molecule has 1 atom stereocenters. The Labute approximate surface area is 247 Å². The van der Waals surface area contributed by atoms with Crippen molar-refractivity contribution in [1.82, 2.24) is 19.5 Å². The first kappa shape index (κ1) is 24.2. The third-order valence-corrected chi connectivity index (χ3v) is 11.6. The second kappa shape index (κ2) is 9.06. The first-order chi connectivity index (χ1) is 21.2. The number of benzene rings is 5. The highest BCUT2D eigenvalue weighted by molar-refractivity contribution is 7.86. The van der Waals surface area contributed by atoms with Crippen LogP contribution in [-0.2, 0) is 4.57 Å². The van der Waals surface area contributed by atoms with Crippen LogP contribution in [0.15, 0.2) is 140 Å². The second-order valence-electron chi connectivity index (χ2n) is 10.8. The van der Waals surface area contributed by atoms with Gasteiger partial charge in [-0.2, -0.15) is 0 Å². The van der Waals surface area contributed by atoms with Crippen LogP contribution in [-0.4, -0.2) is 19.5 Å². The Balaban J connectivity index is 1.21. The van der Waals surface area contributed by atoms with Gasteiger partial charge in [0.2, 0.25) is 0 Å². The van der Waals surface area contributed by atoms with Gasteiger partial charge in [-0.1, -0.05) is 97.1 Å². The highest BCUT2D eigenvalue weighted by Gasteiger charge is 2.39. The minimum Gasteiger partial charge on any atom is -0.308 e. The molecule has 0 aliphatic carbocycles. The number of pyridine rings is 2. The van der Waals surface area contributed by atoms with Crippen LogP contribution in [0.25, 0.3) is 61.2 Å². The maximum absolute atomic E-state index is 15.1. The van der Waals surface area contributed by atoms with E-state index in [1.165, 1.54) is 0 Å². The van der Waals surface area contributed by atoms with Crippen LogP contribution < -0.4 is 15.9 Å². The molecule has 0 amide bonds. The number of hydrogen-bond acceptors (Lipinski definition) is 4. The van der Waals surface area contributed by atoms with Crippen molar-refractivity contribution < 1.29 is 4.57 Å². The Morgan fingerprint density at radius 3 is 2.14 bits per heavy atom. The van der Waals surface area contributed by atoms with Gasteiger partial charge in [-0.05, 0) is 36.4 Å². The maximum atomic E-state index is 15.1. The zero-order valence-corrected chi connectivity index (χ0v) is 23.8. The molecule has 9 rings (SSSR count). The minimum atomic E-state index is -3.10. The van der Waals surface area contributed by atoms with Gasteiger partial charge >= 0.3 is 0 Å². The van der Waals surface area contributed by atoms with Gasteiger partial charge in [0.1, 0.15) is 5.82 Å². The van der Waals surface area contributed by atoms with Crippen LogP contribution in [0.1, 0.15) is 0 Å². The molecule has 1 unspecified atom stereocenters. The molecular formula is C37H23N4OP. The van der Waals surface area contributed by atoms with Crippen LogP contribution >= 0.6 is 7.14 Å². The molecular weight excluding hydrogens is 547 g/mol. The molecule has 5 aromatic carbocycles. The van der Waals surface area contributed by atoms with E-state index in [4.69, 9.17) is 9.97 Å². The van der Waals surface area contributed by atoms with Crippen LogP contribution in [0.4, 0.5) is 0 Å². The molecule has 0 saturated heterocycles. The lowest BCUT2D eigenvalue weighted by Gasteiger charge is -2.29. The highest BCUT2D eigenvalue weighted by atomic mass is 31.2. The summed E-state index contributed by atoms with van der Waals surface area (Å²) < 4.78 is 17.3. The molecule has 1 aliphatic heterocycles. The second-order valence-corrected chi connectivity index (χ2v) is 13.5. The van der Waals surface area contributed by atoms with E-state index >= 15 is 4.57 Å². The summed E-state index contributed by atoms with van der Waals surface area (Å²) in [5.74, 6) is 0.822. The lowest BCUT2D eigenvalue weighted by molar-refractivity contribution is 0.592. The molecule has 8 aromatic rings. The molecule has 0 spiro atoms. The van der Waals surface area contributed by atoms with Crippen molar-refractivity contribution in [2.24, 2.45) is 0 Å². The normalized spacial score (nSPS) is 15.6. The highest BCUT2D eigenvalue weighted by Crippen LogP contribution is 2.49. The third kappa shape index (κ3) is 3.46. The first-order valence-corrected chi connectivity index (χ1v) is 15.9. The number of rotatable bonds is 3. The molecule has 1 aliphatic rings. The minimum absolute atomic E-state index is 0.822. The largest absolute Gasteiger partial charge is 0.308 e. The van der Waals surface area contributed by atoms with E-state index in [-0.39, 0.29) is 0 Å². The van der Waals surface area contributed by atoms with Crippen molar-refractivity contribution in [2.45, 2.75) is 0 Å². The number of hydrogen-bond donors (Lipinski definition) is 0. The van der Waals surface area contributed by atoms with E-state index < -0.39 is 7.14 Å². The summed E-state index contributed by atoms with van der Waals surface area (Å²) in [5.41, 5.74) is 7.34. The van der Waals surface area contributed by atoms with E-state index in [0.717, 1.165) is 77.1 Å². The van der Waals surface area contributed by atoms with E-state index in [1.807, 2.05) is 79.0 Å². The fourth-order valence-electron chi connectivity index (χ4n) is 6.43. The standard InChI is InChI=1S/C37H23N4OP/c42-43(28-9-2-1-3-10-28)32-13-5-4-12-31(32)41-36-30(11-6-14-33(36)43)40-37(41)27-19-15-24(16-20-27)29-22-21-26-18-17-25-8-7-23-38-34(25)35(26)39-29/h1-23H. The quantitative estimate of drug-likeness (QED) is 0.164. The van der Waals surface area contributed by atoms with Crippen LogP contribution in [0.5, 0.6) is 0 Å². The Kier molecular flexibility index (Phi) is 5.11. The number of fused-ring (bicyclic) bond motifs is 5. The monoisotopic (exact) mass is 570 g/mol. The molecule has 43 heavy (non-hydrogen) atoms. The molecule has 6 heteroatoms. The van der Waals surface area contributed by atoms with Crippen molar-refractivity contribution in [3.05, 3.63) is 140 Å². The van der Waals surface area contributed by atoms with Gasteiger partial charge in [-0.3, -0.25) is 9.55 Å². The molecule has 4 heterocycles. The lowest BCUT2D eigenvalue weighted by atomic mass is 10.1. The van der Waals surface area contributed by atoms with Crippen molar-refractivity contribution >= 4 is 55.9 Å². The van der Waals surface area contributed by atoms with Gasteiger partial charge in [-0.25, -0.2) is 9.97 Å². The summed E-state index contributed by atoms with van der Waals surface area (Å²) in [6, 6.07) is 44.6. The molecule has 0 bridgehead atoms. The van der Waals surface area contributed by atoms with Gasteiger partial charge in [0.05, 0.1) is 33.4 Å². The van der Waals surface area contributed by atoms with Gasteiger partial charge < -0.3 is 4.57 Å². The molecule has 3 aromatic heterocycles. The average Bonchev–Trinajstić information content (AvgIpc) is 3.48. The Hall–Kier alpha value is -5.38. The van der Waals surface area contributed by atoms with Gasteiger partial charge in [0.25, 0.3) is 0 Å². The number of imidazole rings is 1. The Morgan fingerprint density at radius 2 is 1.28 bits per heavy atom. The maximum Gasteiger partial charge on any atom is 0.175 e. The smallest absolute Gasteiger partial charge is 0.175 e. The predicted octanol–water partition coefficient (Wildman–Crippen LogP) is 7.41. The Bertz CT molecular complexity index is 2430. The van der Waals surface area contributed by atoms with Gasteiger partial charge in [-0.15, -0.1) is 0 Å². The van der Waals surface area contributed by atoms with E-state index in [2.05, 4.69) is 70.2 Å². The van der Waals surface area contributed by atoms with E-state index in [9.17, 15) is 0 Å². The van der Waals surface area contributed by atoms with Crippen molar-refractivity contribution in [2.75, 3.05) is 0 Å². The summed E-state index contributed by atoms with van der Waals surface area (Å²) >= 11 is 0. The van der Waals surface area contributed by atoms with Crippen LogP contribution in [0.2, 0.25) is 0 Å². The first-order valence-electron chi connectivity index (χ1n) is 14.2. The zero-order valence-electron chi connectivity index (χ0n) is 22.9. The summed E-state index contributed by atoms with van der Waals surface area (Å²) in [7, 11) is -3.10. The molecule has 0 N–H and O–H groups in total. The Morgan fingerprint density at radius 1 is 0.558 bits per heavy atom. The summed E-state index contributed by atoms with van der Waals surface area (Å²) in [6.07, 6.45) is 1.81. The molecule has 0 radical (unpaired) electrons. The van der Waals surface area contributed by atoms with Crippen LogP contribution in [0, 0.1) is 0 Å².